The Labute approximate surface area is 119 Å². The van der Waals surface area contributed by atoms with E-state index in [0.717, 1.165) is 40.1 Å². The fraction of sp³-hybridized carbons (Fsp3) is 0.286. The molecular weight excluding hydrogens is 306 g/mol. The second-order valence-electron chi connectivity index (χ2n) is 4.69. The van der Waals surface area contributed by atoms with Gasteiger partial charge in [0.1, 0.15) is 17.0 Å². The zero-order valence-corrected chi connectivity index (χ0v) is 12.0. The minimum Gasteiger partial charge on any atom is -0.496 e. The first kappa shape index (κ1) is 12.2. The molecule has 0 radical (unpaired) electrons. The normalized spacial score (nSPS) is 15.8. The summed E-state index contributed by atoms with van der Waals surface area (Å²) < 4.78 is 6.10. The van der Waals surface area contributed by atoms with Crippen LogP contribution in [0.1, 0.15) is 18.7 Å². The van der Waals surface area contributed by atoms with E-state index in [9.17, 15) is 0 Å². The van der Waals surface area contributed by atoms with Crippen molar-refractivity contribution in [2.45, 2.75) is 18.3 Å². The number of rotatable bonds is 3. The van der Waals surface area contributed by atoms with Crippen molar-refractivity contribution in [3.05, 3.63) is 34.7 Å². The summed E-state index contributed by atoms with van der Waals surface area (Å²) in [6.07, 6.45) is 3.56. The topological polar surface area (TPSA) is 61.7 Å². The molecule has 96 valence electrons. The van der Waals surface area contributed by atoms with Crippen LogP contribution in [0.5, 0.6) is 5.75 Å². The van der Waals surface area contributed by atoms with Gasteiger partial charge < -0.3 is 9.72 Å². The fourth-order valence-corrected chi connectivity index (χ4v) is 2.61. The Balaban J connectivity index is 1.95. The molecule has 0 saturated heterocycles. The quantitative estimate of drug-likeness (QED) is 0.943. The molecule has 1 heterocycles. The number of nitrogens with zero attached hydrogens (tertiary/aromatic N) is 2. The number of nitrogens with one attached hydrogen (secondary N) is 1. The first-order valence-corrected chi connectivity index (χ1v) is 6.78. The minimum absolute atomic E-state index is 0.373. The number of aromatic nitrogens is 2. The van der Waals surface area contributed by atoms with Crippen LogP contribution < -0.4 is 4.74 Å². The van der Waals surface area contributed by atoms with Gasteiger partial charge in [0.25, 0.3) is 0 Å². The van der Waals surface area contributed by atoms with Crippen LogP contribution in [0.25, 0.3) is 11.3 Å². The number of nitriles is 1. The van der Waals surface area contributed by atoms with E-state index in [1.54, 1.807) is 13.3 Å². The predicted octanol–water partition coefficient (Wildman–Crippen LogP) is 3.40. The van der Waals surface area contributed by atoms with E-state index < -0.39 is 0 Å². The molecule has 0 atom stereocenters. The van der Waals surface area contributed by atoms with Crippen LogP contribution in [0.2, 0.25) is 0 Å². The molecule has 1 aromatic heterocycles. The standard InChI is InChI=1S/C14H12BrN3O/c1-19-12-3-2-9(6-10(12)15)11-7-17-13(18-11)14(8-16)4-5-14/h2-3,6-7H,4-5H2,1H3,(H,17,18). The molecule has 0 unspecified atom stereocenters. The third-order valence-electron chi connectivity index (χ3n) is 3.46. The molecule has 3 rings (SSSR count). The second-order valence-corrected chi connectivity index (χ2v) is 5.54. The maximum Gasteiger partial charge on any atom is 0.133 e. The van der Waals surface area contributed by atoms with Crippen LogP contribution in [-0.2, 0) is 5.41 Å². The first-order chi connectivity index (χ1) is 9.18. The Hall–Kier alpha value is -1.80. The first-order valence-electron chi connectivity index (χ1n) is 5.99. The van der Waals surface area contributed by atoms with Gasteiger partial charge >= 0.3 is 0 Å². The average Bonchev–Trinajstić information content (AvgIpc) is 3.08. The van der Waals surface area contributed by atoms with Gasteiger partial charge in [-0.25, -0.2) is 4.98 Å². The van der Waals surface area contributed by atoms with E-state index in [4.69, 9.17) is 10.00 Å². The molecule has 1 fully saturated rings. The Morgan fingerprint density at radius 2 is 2.26 bits per heavy atom. The average molecular weight is 318 g/mol. The van der Waals surface area contributed by atoms with Crippen LogP contribution in [0.4, 0.5) is 0 Å². The van der Waals surface area contributed by atoms with Gasteiger partial charge in [0.05, 0.1) is 29.5 Å². The number of hydrogen-bond acceptors (Lipinski definition) is 3. The van der Waals surface area contributed by atoms with Crippen LogP contribution in [0.3, 0.4) is 0 Å². The Bertz CT molecular complexity index is 668. The molecule has 4 nitrogen and oxygen atoms in total. The highest BCUT2D eigenvalue weighted by molar-refractivity contribution is 9.10. The van der Waals surface area contributed by atoms with Crippen molar-refractivity contribution in [2.24, 2.45) is 0 Å². The lowest BCUT2D eigenvalue weighted by atomic mass is 10.1. The molecule has 1 N–H and O–H groups in total. The number of hydrogen-bond donors (Lipinski definition) is 1. The van der Waals surface area contributed by atoms with Gasteiger partial charge in [-0.1, -0.05) is 0 Å². The molecule has 0 spiro atoms. The predicted molar refractivity (Wildman–Crippen MR) is 74.8 cm³/mol. The van der Waals surface area contributed by atoms with E-state index in [2.05, 4.69) is 32.0 Å². The smallest absolute Gasteiger partial charge is 0.133 e. The molecule has 1 aromatic carbocycles. The van der Waals surface area contributed by atoms with Crippen molar-refractivity contribution in [3.8, 4) is 23.1 Å². The summed E-state index contributed by atoms with van der Waals surface area (Å²) in [5.41, 5.74) is 1.56. The highest BCUT2D eigenvalue weighted by Gasteiger charge is 2.47. The minimum atomic E-state index is -0.373. The third kappa shape index (κ3) is 2.02. The molecule has 1 aliphatic carbocycles. The van der Waals surface area contributed by atoms with Gasteiger partial charge in [-0.3, -0.25) is 0 Å². The summed E-state index contributed by atoms with van der Waals surface area (Å²) >= 11 is 3.47. The van der Waals surface area contributed by atoms with E-state index in [1.807, 2.05) is 18.2 Å². The van der Waals surface area contributed by atoms with Gasteiger partial charge in [-0.05, 0) is 47.0 Å². The van der Waals surface area contributed by atoms with Crippen LogP contribution in [0, 0.1) is 11.3 Å². The Morgan fingerprint density at radius 1 is 1.47 bits per heavy atom. The molecule has 0 amide bonds. The highest BCUT2D eigenvalue weighted by Crippen LogP contribution is 2.46. The van der Waals surface area contributed by atoms with Gasteiger partial charge in [-0.2, -0.15) is 5.26 Å². The monoisotopic (exact) mass is 317 g/mol. The maximum atomic E-state index is 9.17. The van der Waals surface area contributed by atoms with E-state index >= 15 is 0 Å². The lowest BCUT2D eigenvalue weighted by molar-refractivity contribution is 0.412. The second kappa shape index (κ2) is 4.39. The van der Waals surface area contributed by atoms with Gasteiger partial charge in [-0.15, -0.1) is 0 Å². The number of methoxy groups -OCH3 is 1. The SMILES string of the molecule is COc1ccc(-c2cnc(C3(C#N)CC3)[nH]2)cc1Br. The number of aromatic amines is 1. The van der Waals surface area contributed by atoms with Crippen LogP contribution in [0.15, 0.2) is 28.9 Å². The van der Waals surface area contributed by atoms with E-state index in [-0.39, 0.29) is 5.41 Å². The molecule has 1 saturated carbocycles. The van der Waals surface area contributed by atoms with Crippen molar-refractivity contribution in [2.75, 3.05) is 7.11 Å². The lowest BCUT2D eigenvalue weighted by Gasteiger charge is -2.05. The van der Waals surface area contributed by atoms with Crippen molar-refractivity contribution < 1.29 is 4.74 Å². The number of imidazole rings is 1. The molecule has 0 aliphatic heterocycles. The van der Waals surface area contributed by atoms with Crippen LogP contribution in [-0.4, -0.2) is 17.1 Å². The summed E-state index contributed by atoms with van der Waals surface area (Å²) in [5.74, 6) is 1.57. The zero-order valence-electron chi connectivity index (χ0n) is 10.4. The summed E-state index contributed by atoms with van der Waals surface area (Å²) in [7, 11) is 1.64. The van der Waals surface area contributed by atoms with E-state index in [1.165, 1.54) is 0 Å². The zero-order chi connectivity index (χ0) is 13.5. The molecule has 2 aromatic rings. The van der Waals surface area contributed by atoms with Crippen LogP contribution >= 0.6 is 15.9 Å². The van der Waals surface area contributed by atoms with Crippen molar-refractivity contribution >= 4 is 15.9 Å². The van der Waals surface area contributed by atoms with Crippen molar-refractivity contribution in [3.63, 3.8) is 0 Å². The Morgan fingerprint density at radius 3 is 2.84 bits per heavy atom. The highest BCUT2D eigenvalue weighted by atomic mass is 79.9. The summed E-state index contributed by atoms with van der Waals surface area (Å²) in [6.45, 7) is 0. The van der Waals surface area contributed by atoms with Gasteiger partial charge in [0.2, 0.25) is 0 Å². The van der Waals surface area contributed by atoms with Crippen molar-refractivity contribution in [1.82, 2.24) is 9.97 Å². The molecule has 5 heteroatoms. The fourth-order valence-electron chi connectivity index (χ4n) is 2.07. The molecule has 19 heavy (non-hydrogen) atoms. The Kier molecular flexibility index (Phi) is 2.83. The summed E-state index contributed by atoms with van der Waals surface area (Å²) in [5, 5.41) is 9.17. The van der Waals surface area contributed by atoms with Crippen molar-refractivity contribution in [1.29, 1.82) is 5.26 Å². The van der Waals surface area contributed by atoms with Gasteiger partial charge in [0.15, 0.2) is 0 Å². The molecular formula is C14H12BrN3O. The number of benzene rings is 1. The number of ether oxygens (including phenoxy) is 1. The number of halogens is 1. The largest absolute Gasteiger partial charge is 0.496 e. The number of H-pyrrole nitrogens is 1. The van der Waals surface area contributed by atoms with E-state index in [0.29, 0.717) is 0 Å². The maximum absolute atomic E-state index is 9.17. The van der Waals surface area contributed by atoms with Gasteiger partial charge in [0, 0.05) is 5.56 Å². The lowest BCUT2D eigenvalue weighted by Crippen LogP contribution is -2.04. The molecule has 1 aliphatic rings. The summed E-state index contributed by atoms with van der Waals surface area (Å²) in [6, 6.07) is 8.18. The third-order valence-corrected chi connectivity index (χ3v) is 4.08. The summed E-state index contributed by atoms with van der Waals surface area (Å²) in [4.78, 5) is 7.60. The molecule has 0 bridgehead atoms.